The summed E-state index contributed by atoms with van der Waals surface area (Å²) in [5, 5.41) is 18.1. The highest BCUT2D eigenvalue weighted by Gasteiger charge is 2.10. The minimum Gasteiger partial charge on any atom is -0.384 e. The quantitative estimate of drug-likeness (QED) is 0.788. The van der Waals surface area contributed by atoms with E-state index in [2.05, 4.69) is 32.0 Å². The van der Waals surface area contributed by atoms with Gasteiger partial charge in [0.05, 0.1) is 5.56 Å². The molecule has 0 fully saturated rings. The van der Waals surface area contributed by atoms with Crippen LogP contribution >= 0.6 is 11.5 Å². The second-order valence-corrected chi connectivity index (χ2v) is 4.01. The lowest BCUT2D eigenvalue weighted by molar-refractivity contribution is 0.102. The van der Waals surface area contributed by atoms with Gasteiger partial charge in [0.25, 0.3) is 5.91 Å². The second kappa shape index (κ2) is 5.99. The standard InChI is InChI=1S/C11H7FN4O2S/c12-9-6-8(4-3-7(9)2-1-5-17)10(18)13-11-14-15-16-19-11/h3-4,6,17H,5H2,(H,13,14,16,18). The number of carbonyl (C=O) groups is 1. The number of aliphatic hydroxyl groups excluding tert-OH is 1. The molecule has 2 aromatic rings. The normalized spacial score (nSPS) is 9.58. The van der Waals surface area contributed by atoms with Crippen LogP contribution in [-0.2, 0) is 0 Å². The first kappa shape index (κ1) is 13.1. The SMILES string of the molecule is O=C(Nc1nnns1)c1ccc(C#CCO)c(F)c1. The van der Waals surface area contributed by atoms with E-state index in [0.717, 1.165) is 17.6 Å². The summed E-state index contributed by atoms with van der Waals surface area (Å²) in [6.45, 7) is -0.355. The molecule has 0 atom stereocenters. The van der Waals surface area contributed by atoms with E-state index in [4.69, 9.17) is 5.11 Å². The fourth-order valence-corrected chi connectivity index (χ4v) is 1.61. The number of amides is 1. The van der Waals surface area contributed by atoms with Gasteiger partial charge in [-0.3, -0.25) is 10.1 Å². The molecule has 0 aliphatic heterocycles. The summed E-state index contributed by atoms with van der Waals surface area (Å²) in [5.74, 6) is 3.62. The summed E-state index contributed by atoms with van der Waals surface area (Å²) in [6.07, 6.45) is 0. The predicted octanol–water partition coefficient (Wildman–Crippen LogP) is 0.668. The third-order valence-electron chi connectivity index (χ3n) is 2.05. The van der Waals surface area contributed by atoms with Gasteiger partial charge in [-0.15, -0.1) is 0 Å². The van der Waals surface area contributed by atoms with Crippen LogP contribution in [0.3, 0.4) is 0 Å². The van der Waals surface area contributed by atoms with Crippen LogP contribution in [0.25, 0.3) is 0 Å². The van der Waals surface area contributed by atoms with Gasteiger partial charge in [0, 0.05) is 17.1 Å². The number of rotatable bonds is 2. The van der Waals surface area contributed by atoms with Gasteiger partial charge in [-0.25, -0.2) is 4.39 Å². The zero-order valence-electron chi connectivity index (χ0n) is 9.42. The molecule has 0 aliphatic carbocycles. The number of aromatic nitrogens is 3. The van der Waals surface area contributed by atoms with E-state index >= 15 is 0 Å². The van der Waals surface area contributed by atoms with Gasteiger partial charge in [-0.05, 0) is 23.4 Å². The molecule has 8 heteroatoms. The van der Waals surface area contributed by atoms with E-state index in [-0.39, 0.29) is 22.9 Å². The molecule has 0 saturated heterocycles. The highest BCUT2D eigenvalue weighted by molar-refractivity contribution is 7.09. The Morgan fingerprint density at radius 3 is 3.00 bits per heavy atom. The van der Waals surface area contributed by atoms with Crippen LogP contribution in [-0.4, -0.2) is 32.4 Å². The summed E-state index contributed by atoms with van der Waals surface area (Å²) in [4.78, 5) is 11.7. The van der Waals surface area contributed by atoms with Crippen molar-refractivity contribution in [1.29, 1.82) is 0 Å². The third-order valence-corrected chi connectivity index (χ3v) is 2.56. The number of carbonyl (C=O) groups excluding carboxylic acids is 1. The lowest BCUT2D eigenvalue weighted by Crippen LogP contribution is -2.12. The fourth-order valence-electron chi connectivity index (χ4n) is 1.24. The topological polar surface area (TPSA) is 88.0 Å². The van der Waals surface area contributed by atoms with Crippen LogP contribution in [0.15, 0.2) is 18.2 Å². The maximum atomic E-state index is 13.6. The molecule has 0 saturated carbocycles. The molecule has 0 bridgehead atoms. The molecule has 0 spiro atoms. The van der Waals surface area contributed by atoms with E-state index < -0.39 is 11.7 Å². The summed E-state index contributed by atoms with van der Waals surface area (Å²) in [6, 6.07) is 3.85. The zero-order chi connectivity index (χ0) is 13.7. The lowest BCUT2D eigenvalue weighted by Gasteiger charge is -2.02. The maximum absolute atomic E-state index is 13.6. The average molecular weight is 278 g/mol. The third kappa shape index (κ3) is 3.31. The molecule has 0 unspecified atom stereocenters. The first-order chi connectivity index (χ1) is 9.20. The van der Waals surface area contributed by atoms with Crippen LogP contribution in [0.5, 0.6) is 0 Å². The number of hydrogen-bond acceptors (Lipinski definition) is 6. The van der Waals surface area contributed by atoms with Crippen LogP contribution < -0.4 is 5.32 Å². The number of nitrogens with zero attached hydrogens (tertiary/aromatic N) is 3. The van der Waals surface area contributed by atoms with Crippen LogP contribution in [0, 0.1) is 17.7 Å². The minimum atomic E-state index is -0.635. The van der Waals surface area contributed by atoms with Crippen LogP contribution in [0.2, 0.25) is 0 Å². The maximum Gasteiger partial charge on any atom is 0.257 e. The predicted molar refractivity (Wildman–Crippen MR) is 66.0 cm³/mol. The first-order valence-electron chi connectivity index (χ1n) is 5.06. The molecule has 1 aromatic carbocycles. The van der Waals surface area contributed by atoms with Crippen molar-refractivity contribution in [2.45, 2.75) is 0 Å². The summed E-state index contributed by atoms with van der Waals surface area (Å²) in [7, 11) is 0. The van der Waals surface area contributed by atoms with Gasteiger partial charge < -0.3 is 5.11 Å². The van der Waals surface area contributed by atoms with E-state index in [0.29, 0.717) is 0 Å². The number of anilines is 1. The number of hydrogen-bond donors (Lipinski definition) is 2. The Bertz CT molecular complexity index is 648. The van der Waals surface area contributed by atoms with Crippen molar-refractivity contribution in [3.8, 4) is 11.8 Å². The Hall–Kier alpha value is -2.37. The number of nitrogens with one attached hydrogen (secondary N) is 1. The molecule has 0 aliphatic rings. The first-order valence-corrected chi connectivity index (χ1v) is 5.83. The molecule has 2 N–H and O–H groups in total. The highest BCUT2D eigenvalue weighted by Crippen LogP contribution is 2.12. The Morgan fingerprint density at radius 2 is 2.37 bits per heavy atom. The van der Waals surface area contributed by atoms with Crippen LogP contribution in [0.1, 0.15) is 15.9 Å². The van der Waals surface area contributed by atoms with Gasteiger partial charge in [0.15, 0.2) is 0 Å². The Morgan fingerprint density at radius 1 is 1.53 bits per heavy atom. The van der Waals surface area contributed by atoms with E-state index in [9.17, 15) is 9.18 Å². The minimum absolute atomic E-state index is 0.114. The zero-order valence-corrected chi connectivity index (χ0v) is 10.2. The van der Waals surface area contributed by atoms with Gasteiger partial charge in [0.1, 0.15) is 12.4 Å². The Balaban J connectivity index is 2.17. The number of halogens is 1. The molecule has 6 nitrogen and oxygen atoms in total. The van der Waals surface area contributed by atoms with Crippen molar-refractivity contribution in [1.82, 2.24) is 14.8 Å². The summed E-state index contributed by atoms with van der Waals surface area (Å²) < 4.78 is 17.1. The molecule has 19 heavy (non-hydrogen) atoms. The average Bonchev–Trinajstić information content (AvgIpc) is 2.90. The lowest BCUT2D eigenvalue weighted by atomic mass is 10.1. The second-order valence-electron chi connectivity index (χ2n) is 3.28. The number of aliphatic hydroxyl groups is 1. The van der Waals surface area contributed by atoms with Crippen molar-refractivity contribution in [2.75, 3.05) is 11.9 Å². The molecular formula is C11H7FN4O2S. The molecule has 96 valence electrons. The Labute approximate surface area is 111 Å². The van der Waals surface area contributed by atoms with E-state index in [1.807, 2.05) is 0 Å². The molecular weight excluding hydrogens is 271 g/mol. The molecule has 0 radical (unpaired) electrons. The van der Waals surface area contributed by atoms with Gasteiger partial charge in [-0.2, -0.15) is 0 Å². The molecule has 1 amide bonds. The Kier molecular flexibility index (Phi) is 4.12. The molecule has 1 aromatic heterocycles. The summed E-state index contributed by atoms with van der Waals surface area (Å²) in [5.41, 5.74) is 0.241. The van der Waals surface area contributed by atoms with Crippen molar-refractivity contribution in [3.05, 3.63) is 35.1 Å². The van der Waals surface area contributed by atoms with E-state index in [1.54, 1.807) is 0 Å². The fraction of sp³-hybridized carbons (Fsp3) is 0.0909. The smallest absolute Gasteiger partial charge is 0.257 e. The van der Waals surface area contributed by atoms with Crippen molar-refractivity contribution >= 4 is 22.6 Å². The van der Waals surface area contributed by atoms with Crippen molar-refractivity contribution in [3.63, 3.8) is 0 Å². The molecule has 2 rings (SSSR count). The van der Waals surface area contributed by atoms with E-state index in [1.165, 1.54) is 12.1 Å². The van der Waals surface area contributed by atoms with Gasteiger partial charge in [-0.1, -0.05) is 21.4 Å². The van der Waals surface area contributed by atoms with Gasteiger partial charge >= 0.3 is 0 Å². The van der Waals surface area contributed by atoms with Crippen molar-refractivity contribution < 1.29 is 14.3 Å². The summed E-state index contributed by atoms with van der Waals surface area (Å²) >= 11 is 0.916. The van der Waals surface area contributed by atoms with Crippen LogP contribution in [0.4, 0.5) is 9.52 Å². The largest absolute Gasteiger partial charge is 0.384 e. The number of benzene rings is 1. The van der Waals surface area contributed by atoms with Gasteiger partial charge in [0.2, 0.25) is 5.13 Å². The van der Waals surface area contributed by atoms with Crippen molar-refractivity contribution in [2.24, 2.45) is 0 Å². The monoisotopic (exact) mass is 278 g/mol. The highest BCUT2D eigenvalue weighted by atomic mass is 32.1. The molecule has 1 heterocycles.